The molecule has 74 valence electrons. The van der Waals surface area contributed by atoms with Crippen LogP contribution in [0.4, 0.5) is 0 Å². The van der Waals surface area contributed by atoms with Gasteiger partial charge in [0, 0.05) is 5.92 Å². The fraction of sp³-hybridized carbons (Fsp3) is 0.444. The van der Waals surface area contributed by atoms with Crippen LogP contribution in [0.2, 0.25) is 5.02 Å². The number of rotatable bonds is 2. The Labute approximate surface area is 86.2 Å². The van der Waals surface area contributed by atoms with Gasteiger partial charge in [0.05, 0.1) is 29.9 Å². The topological polar surface area (TPSA) is 52.1 Å². The van der Waals surface area contributed by atoms with Crippen LogP contribution in [-0.4, -0.2) is 23.3 Å². The highest BCUT2D eigenvalue weighted by atomic mass is 35.5. The Morgan fingerprint density at radius 1 is 1.71 bits per heavy atom. The summed E-state index contributed by atoms with van der Waals surface area (Å²) in [5.74, 6) is -0.113. The number of ether oxygens (including phenoxy) is 1. The van der Waals surface area contributed by atoms with E-state index in [4.69, 9.17) is 11.6 Å². The molecule has 1 aromatic heterocycles. The number of aromatic nitrogens is 2. The molecule has 0 aliphatic heterocycles. The quantitative estimate of drug-likeness (QED) is 0.696. The van der Waals surface area contributed by atoms with Gasteiger partial charge in [-0.2, -0.15) is 10.2 Å². The van der Waals surface area contributed by atoms with Crippen molar-refractivity contribution < 1.29 is 9.53 Å². The van der Waals surface area contributed by atoms with Gasteiger partial charge in [0.15, 0.2) is 0 Å². The van der Waals surface area contributed by atoms with Crippen LogP contribution in [0.25, 0.3) is 0 Å². The second-order valence-corrected chi connectivity index (χ2v) is 3.71. The molecule has 1 heterocycles. The van der Waals surface area contributed by atoms with Crippen LogP contribution in [0.1, 0.15) is 18.0 Å². The molecule has 2 atom stereocenters. The van der Waals surface area contributed by atoms with Crippen molar-refractivity contribution in [3.63, 3.8) is 0 Å². The smallest absolute Gasteiger partial charge is 0.309 e. The maximum Gasteiger partial charge on any atom is 0.309 e. The van der Waals surface area contributed by atoms with Crippen molar-refractivity contribution in [2.45, 2.75) is 12.3 Å². The summed E-state index contributed by atoms with van der Waals surface area (Å²) in [5.41, 5.74) is 0.771. The molecular formula is C9H9ClN2O2. The Balaban J connectivity index is 2.09. The van der Waals surface area contributed by atoms with Crippen molar-refractivity contribution in [1.82, 2.24) is 10.2 Å². The zero-order valence-electron chi connectivity index (χ0n) is 7.61. The standard InChI is InChI=1S/C9H9ClN2O2/c1-14-9(13)7-3-6(7)8-2-5(10)4-11-12-8/h2,4,6-7H,3H2,1H3/t6-,7-/m0/s1. The summed E-state index contributed by atoms with van der Waals surface area (Å²) in [4.78, 5) is 11.1. The highest BCUT2D eigenvalue weighted by Crippen LogP contribution is 2.47. The van der Waals surface area contributed by atoms with E-state index in [0.29, 0.717) is 5.02 Å². The maximum absolute atomic E-state index is 11.1. The molecule has 1 saturated carbocycles. The highest BCUT2D eigenvalue weighted by molar-refractivity contribution is 6.30. The first-order valence-corrected chi connectivity index (χ1v) is 4.66. The Bertz CT molecular complexity index is 370. The minimum absolute atomic E-state index is 0.0623. The van der Waals surface area contributed by atoms with E-state index in [0.717, 1.165) is 12.1 Å². The first kappa shape index (κ1) is 9.40. The SMILES string of the molecule is COC(=O)[C@H]1C[C@@H]1c1cc(Cl)cnn1. The first-order valence-electron chi connectivity index (χ1n) is 4.28. The van der Waals surface area contributed by atoms with Gasteiger partial charge in [0.25, 0.3) is 0 Å². The number of hydrogen-bond donors (Lipinski definition) is 0. The van der Waals surface area contributed by atoms with Gasteiger partial charge in [0.1, 0.15) is 0 Å². The van der Waals surface area contributed by atoms with E-state index in [1.807, 2.05) is 0 Å². The lowest BCUT2D eigenvalue weighted by Crippen LogP contribution is -2.04. The van der Waals surface area contributed by atoms with E-state index in [2.05, 4.69) is 14.9 Å². The van der Waals surface area contributed by atoms with Crippen LogP contribution < -0.4 is 0 Å². The van der Waals surface area contributed by atoms with Crippen LogP contribution in [0.3, 0.4) is 0 Å². The normalized spacial score (nSPS) is 24.4. The highest BCUT2D eigenvalue weighted by Gasteiger charge is 2.46. The Kier molecular flexibility index (Phi) is 2.37. The predicted octanol–water partition coefficient (Wildman–Crippen LogP) is 1.41. The van der Waals surface area contributed by atoms with Crippen LogP contribution in [0.15, 0.2) is 12.3 Å². The lowest BCUT2D eigenvalue weighted by atomic mass is 10.2. The molecule has 0 N–H and O–H groups in total. The molecule has 1 aliphatic carbocycles. The summed E-state index contributed by atoms with van der Waals surface area (Å²) < 4.78 is 4.64. The molecule has 0 unspecified atom stereocenters. The molecule has 1 aliphatic rings. The van der Waals surface area contributed by atoms with Crippen molar-refractivity contribution in [1.29, 1.82) is 0 Å². The van der Waals surface area contributed by atoms with Gasteiger partial charge in [-0.05, 0) is 12.5 Å². The van der Waals surface area contributed by atoms with Crippen molar-refractivity contribution in [3.8, 4) is 0 Å². The van der Waals surface area contributed by atoms with Gasteiger partial charge < -0.3 is 4.74 Å². The molecule has 1 aromatic rings. The minimum atomic E-state index is -0.184. The number of carbonyl (C=O) groups is 1. The van der Waals surface area contributed by atoms with Gasteiger partial charge in [-0.1, -0.05) is 11.6 Å². The summed E-state index contributed by atoms with van der Waals surface area (Å²) in [5, 5.41) is 8.20. The Morgan fingerprint density at radius 3 is 3.14 bits per heavy atom. The van der Waals surface area contributed by atoms with Gasteiger partial charge in [-0.15, -0.1) is 0 Å². The van der Waals surface area contributed by atoms with E-state index in [-0.39, 0.29) is 17.8 Å². The largest absolute Gasteiger partial charge is 0.469 e. The van der Waals surface area contributed by atoms with Gasteiger partial charge in [-0.3, -0.25) is 4.79 Å². The molecule has 0 bridgehead atoms. The summed E-state index contributed by atoms with van der Waals surface area (Å²) >= 11 is 5.76. The Morgan fingerprint density at radius 2 is 2.50 bits per heavy atom. The fourth-order valence-electron chi connectivity index (χ4n) is 1.47. The van der Waals surface area contributed by atoms with Crippen LogP contribution in [-0.2, 0) is 9.53 Å². The average Bonchev–Trinajstić information content (AvgIpc) is 2.96. The zero-order chi connectivity index (χ0) is 10.1. The van der Waals surface area contributed by atoms with E-state index >= 15 is 0 Å². The van der Waals surface area contributed by atoms with E-state index in [1.165, 1.54) is 13.3 Å². The van der Waals surface area contributed by atoms with Crippen LogP contribution >= 0.6 is 11.6 Å². The van der Waals surface area contributed by atoms with Crippen molar-refractivity contribution >= 4 is 17.6 Å². The summed E-state index contributed by atoms with van der Waals surface area (Å²) in [7, 11) is 1.39. The molecule has 4 nitrogen and oxygen atoms in total. The minimum Gasteiger partial charge on any atom is -0.469 e. The molecule has 2 rings (SSSR count). The molecule has 0 radical (unpaired) electrons. The lowest BCUT2D eigenvalue weighted by molar-refractivity contribution is -0.142. The molecule has 1 fully saturated rings. The van der Waals surface area contributed by atoms with Crippen molar-refractivity contribution in [2.24, 2.45) is 5.92 Å². The molecule has 14 heavy (non-hydrogen) atoms. The van der Waals surface area contributed by atoms with E-state index < -0.39 is 0 Å². The summed E-state index contributed by atoms with van der Waals surface area (Å²) in [6, 6.07) is 1.74. The zero-order valence-corrected chi connectivity index (χ0v) is 8.36. The average molecular weight is 213 g/mol. The van der Waals surface area contributed by atoms with Gasteiger partial charge in [-0.25, -0.2) is 0 Å². The Hall–Kier alpha value is -1.16. The van der Waals surface area contributed by atoms with Gasteiger partial charge >= 0.3 is 5.97 Å². The maximum atomic E-state index is 11.1. The fourth-order valence-corrected chi connectivity index (χ4v) is 1.63. The van der Waals surface area contributed by atoms with E-state index in [1.54, 1.807) is 6.07 Å². The van der Waals surface area contributed by atoms with E-state index in [9.17, 15) is 4.79 Å². The number of esters is 1. The number of nitrogens with zero attached hydrogens (tertiary/aromatic N) is 2. The number of carbonyl (C=O) groups excluding carboxylic acids is 1. The number of methoxy groups -OCH3 is 1. The predicted molar refractivity (Wildman–Crippen MR) is 49.9 cm³/mol. The monoisotopic (exact) mass is 212 g/mol. The molecule has 0 aromatic carbocycles. The molecule has 0 amide bonds. The third-order valence-corrected chi connectivity index (χ3v) is 2.52. The summed E-state index contributed by atoms with van der Waals surface area (Å²) in [6.07, 6.45) is 2.25. The third kappa shape index (κ3) is 1.70. The number of halogens is 1. The molecular weight excluding hydrogens is 204 g/mol. The number of hydrogen-bond acceptors (Lipinski definition) is 4. The van der Waals surface area contributed by atoms with Crippen LogP contribution in [0, 0.1) is 5.92 Å². The van der Waals surface area contributed by atoms with Crippen LogP contribution in [0.5, 0.6) is 0 Å². The van der Waals surface area contributed by atoms with Gasteiger partial charge in [0.2, 0.25) is 0 Å². The second-order valence-electron chi connectivity index (χ2n) is 3.27. The van der Waals surface area contributed by atoms with Crippen molar-refractivity contribution in [2.75, 3.05) is 7.11 Å². The second kappa shape index (κ2) is 3.53. The lowest BCUT2D eigenvalue weighted by Gasteiger charge is -1.98. The summed E-state index contributed by atoms with van der Waals surface area (Å²) in [6.45, 7) is 0. The first-order chi connectivity index (χ1) is 6.72. The molecule has 5 heteroatoms. The third-order valence-electron chi connectivity index (χ3n) is 2.31. The molecule has 0 spiro atoms. The van der Waals surface area contributed by atoms with Crippen molar-refractivity contribution in [3.05, 3.63) is 23.0 Å². The molecule has 0 saturated heterocycles.